The molecule has 0 amide bonds. The summed E-state index contributed by atoms with van der Waals surface area (Å²) >= 11 is 0. The van der Waals surface area contributed by atoms with E-state index in [2.05, 4.69) is 26.4 Å². The lowest BCUT2D eigenvalue weighted by Crippen LogP contribution is -2.55. The van der Waals surface area contributed by atoms with Crippen LogP contribution in [0.1, 0.15) is 51.9 Å². The molecule has 1 aromatic heterocycles. The Labute approximate surface area is 251 Å². The molecular weight excluding hydrogens is 641 g/mol. The second-order valence-electron chi connectivity index (χ2n) is 9.49. The van der Waals surface area contributed by atoms with Crippen molar-refractivity contribution in [3.8, 4) is 22.9 Å². The number of ether oxygens (including phenoxy) is 5. The van der Waals surface area contributed by atoms with E-state index in [1.54, 1.807) is 36.7 Å². The molecule has 45 heavy (non-hydrogen) atoms. The first-order chi connectivity index (χ1) is 20.9. The quantitative estimate of drug-likeness (QED) is 0.0972. The first-order valence-electron chi connectivity index (χ1n) is 13.6. The minimum Gasteiger partial charge on any atom is -0.490 e. The van der Waals surface area contributed by atoms with Crippen LogP contribution in [0.3, 0.4) is 0 Å². The fourth-order valence-corrected chi connectivity index (χ4v) is 3.45. The first-order valence-corrected chi connectivity index (χ1v) is 13.6. The molecule has 1 aromatic carbocycles. The molecule has 18 heteroatoms. The molecule has 1 heterocycles. The van der Waals surface area contributed by atoms with Crippen molar-refractivity contribution in [3.05, 3.63) is 36.7 Å². The summed E-state index contributed by atoms with van der Waals surface area (Å²) in [7, 11) is 0. The van der Waals surface area contributed by atoms with Gasteiger partial charge >= 0.3 is 30.6 Å². The van der Waals surface area contributed by atoms with Crippen LogP contribution in [0.4, 0.5) is 48.3 Å². The summed E-state index contributed by atoms with van der Waals surface area (Å²) in [5, 5.41) is 0. The molecule has 0 saturated heterocycles. The monoisotopic (exact) mass is 672 g/mol. The second kappa shape index (κ2) is 16.5. The lowest BCUT2D eigenvalue weighted by molar-refractivity contribution is -0.537. The molecule has 0 aliphatic rings. The molecule has 0 atom stereocenters. The largest absolute Gasteiger partial charge is 0.490 e. The van der Waals surface area contributed by atoms with Crippen molar-refractivity contribution in [2.45, 2.75) is 82.5 Å². The Balaban J connectivity index is 1.80. The Bertz CT molecular complexity index is 1160. The second-order valence-corrected chi connectivity index (χ2v) is 9.49. The van der Waals surface area contributed by atoms with E-state index < -0.39 is 43.8 Å². The predicted molar refractivity (Wildman–Crippen MR) is 135 cm³/mol. The highest BCUT2D eigenvalue weighted by Crippen LogP contribution is 2.47. The molecule has 0 N–H and O–H groups in total. The average Bonchev–Trinajstić information content (AvgIpc) is 2.93. The van der Waals surface area contributed by atoms with Crippen molar-refractivity contribution in [2.24, 2.45) is 0 Å². The molecular formula is C27H31F11N2O5. The topological polar surface area (TPSA) is 71.9 Å². The fourth-order valence-electron chi connectivity index (χ4n) is 3.45. The van der Waals surface area contributed by atoms with Gasteiger partial charge < -0.3 is 14.2 Å². The van der Waals surface area contributed by atoms with Gasteiger partial charge in [-0.3, -0.25) is 0 Å². The predicted octanol–water partition coefficient (Wildman–Crippen LogP) is 8.64. The van der Waals surface area contributed by atoms with Gasteiger partial charge in [-0.25, -0.2) is 19.4 Å². The molecule has 0 aliphatic heterocycles. The van der Waals surface area contributed by atoms with Gasteiger partial charge in [-0.1, -0.05) is 26.2 Å². The summed E-state index contributed by atoms with van der Waals surface area (Å²) in [6.45, 7) is 0.132. The van der Waals surface area contributed by atoms with Gasteiger partial charge in [-0.15, -0.1) is 0 Å². The Morgan fingerprint density at radius 2 is 1.18 bits per heavy atom. The maximum absolute atomic E-state index is 13.6. The molecule has 0 fully saturated rings. The molecule has 2 aromatic rings. The van der Waals surface area contributed by atoms with Gasteiger partial charge in [0.2, 0.25) is 0 Å². The van der Waals surface area contributed by atoms with Gasteiger partial charge in [-0.05, 0) is 49.9 Å². The highest BCUT2D eigenvalue weighted by molar-refractivity contribution is 5.60. The van der Waals surface area contributed by atoms with Crippen molar-refractivity contribution in [2.75, 3.05) is 26.4 Å². The Hall–Kier alpha value is -2.99. The third-order valence-corrected chi connectivity index (χ3v) is 5.69. The summed E-state index contributed by atoms with van der Waals surface area (Å²) in [5.74, 6) is 1.36. The summed E-state index contributed by atoms with van der Waals surface area (Å²) in [5.41, 5.74) is 0.692. The number of aromatic nitrogens is 2. The summed E-state index contributed by atoms with van der Waals surface area (Å²) < 4.78 is 162. The zero-order chi connectivity index (χ0) is 33.8. The van der Waals surface area contributed by atoms with Gasteiger partial charge in [0.05, 0.1) is 13.2 Å². The Morgan fingerprint density at radius 3 is 1.78 bits per heavy atom. The SMILES string of the molecule is CCCCCCOc1cc(-c2ncccn2)ccc1OCCCCCOCC(F)(F)OC(F)(F)C(F)(F)OC(F)(F)C(F)(F)F. The standard InChI is InChI=1S/C27H31F11N2O5/c1-2-3-4-7-16-43-21-17-19(22-39-12-9-13-40-22)10-11-20(21)42-15-8-5-6-14-41-18-23(28,29)44-26(35,36)27(37,38)45-25(33,34)24(30,31)32/h9-13,17H,2-8,14-16,18H2,1H3. The molecule has 256 valence electrons. The average molecular weight is 673 g/mol. The minimum atomic E-state index is -6.84. The maximum Gasteiger partial charge on any atom is 0.483 e. The van der Waals surface area contributed by atoms with E-state index in [-0.39, 0.29) is 13.0 Å². The highest BCUT2D eigenvalue weighted by Gasteiger charge is 2.72. The van der Waals surface area contributed by atoms with E-state index in [1.165, 1.54) is 0 Å². The van der Waals surface area contributed by atoms with Crippen molar-refractivity contribution >= 4 is 0 Å². The summed E-state index contributed by atoms with van der Waals surface area (Å²) in [4.78, 5) is 8.40. The van der Waals surface area contributed by atoms with E-state index >= 15 is 0 Å². The third-order valence-electron chi connectivity index (χ3n) is 5.69. The molecule has 0 spiro atoms. The van der Waals surface area contributed by atoms with Gasteiger partial charge in [0.1, 0.15) is 6.61 Å². The van der Waals surface area contributed by atoms with E-state index in [4.69, 9.17) is 9.47 Å². The van der Waals surface area contributed by atoms with Crippen LogP contribution in [0.2, 0.25) is 0 Å². The number of rotatable bonds is 21. The van der Waals surface area contributed by atoms with E-state index in [0.717, 1.165) is 25.7 Å². The molecule has 2 rings (SSSR count). The lowest BCUT2D eigenvalue weighted by Gasteiger charge is -2.31. The van der Waals surface area contributed by atoms with Crippen LogP contribution in [0.25, 0.3) is 11.4 Å². The lowest BCUT2D eigenvalue weighted by atomic mass is 10.2. The zero-order valence-electron chi connectivity index (χ0n) is 23.8. The molecule has 0 unspecified atom stereocenters. The van der Waals surface area contributed by atoms with Crippen LogP contribution in [-0.4, -0.2) is 67.0 Å². The number of nitrogens with zero attached hydrogens (tertiary/aromatic N) is 2. The number of unbranched alkanes of at least 4 members (excludes halogenated alkanes) is 5. The van der Waals surface area contributed by atoms with Crippen molar-refractivity contribution in [1.29, 1.82) is 0 Å². The van der Waals surface area contributed by atoms with E-state index in [1.807, 2.05) is 4.74 Å². The van der Waals surface area contributed by atoms with Gasteiger partial charge in [0.25, 0.3) is 0 Å². The van der Waals surface area contributed by atoms with Gasteiger partial charge in [0, 0.05) is 24.6 Å². The number of hydrogen-bond donors (Lipinski definition) is 0. The van der Waals surface area contributed by atoms with Crippen LogP contribution >= 0.6 is 0 Å². The van der Waals surface area contributed by atoms with Crippen molar-refractivity contribution < 1.29 is 72.0 Å². The van der Waals surface area contributed by atoms with Crippen LogP contribution in [-0.2, 0) is 14.2 Å². The number of hydrogen-bond acceptors (Lipinski definition) is 7. The minimum absolute atomic E-state index is 0.0674. The normalized spacial score (nSPS) is 13.2. The Morgan fingerprint density at radius 1 is 0.622 bits per heavy atom. The van der Waals surface area contributed by atoms with E-state index in [0.29, 0.717) is 42.3 Å². The highest BCUT2D eigenvalue weighted by atomic mass is 19.4. The fraction of sp³-hybridized carbons (Fsp3) is 0.630. The first kappa shape index (κ1) is 38.2. The van der Waals surface area contributed by atoms with Crippen LogP contribution < -0.4 is 9.47 Å². The summed E-state index contributed by atoms with van der Waals surface area (Å²) in [6.07, 6.45) is -24.4. The molecule has 0 radical (unpaired) electrons. The number of halogens is 11. The maximum atomic E-state index is 13.6. The summed E-state index contributed by atoms with van der Waals surface area (Å²) in [6, 6.07) is 6.81. The molecule has 0 saturated carbocycles. The van der Waals surface area contributed by atoms with Crippen LogP contribution in [0.15, 0.2) is 36.7 Å². The van der Waals surface area contributed by atoms with Gasteiger partial charge in [-0.2, -0.15) is 48.3 Å². The van der Waals surface area contributed by atoms with Crippen LogP contribution in [0.5, 0.6) is 11.5 Å². The molecule has 0 aliphatic carbocycles. The molecule has 0 bridgehead atoms. The Kier molecular flexibility index (Phi) is 14.0. The number of alkyl halides is 11. The molecule has 7 nitrogen and oxygen atoms in total. The van der Waals surface area contributed by atoms with Crippen molar-refractivity contribution in [1.82, 2.24) is 9.97 Å². The van der Waals surface area contributed by atoms with Crippen LogP contribution in [0, 0.1) is 0 Å². The van der Waals surface area contributed by atoms with Crippen molar-refractivity contribution in [3.63, 3.8) is 0 Å². The smallest absolute Gasteiger partial charge is 0.483 e. The van der Waals surface area contributed by atoms with E-state index in [9.17, 15) is 48.3 Å². The number of benzene rings is 1. The zero-order valence-corrected chi connectivity index (χ0v) is 23.8. The third kappa shape index (κ3) is 12.4. The van der Waals surface area contributed by atoms with Gasteiger partial charge in [0.15, 0.2) is 17.3 Å².